The third kappa shape index (κ3) is 2.50. The van der Waals surface area contributed by atoms with E-state index in [2.05, 4.69) is 15.9 Å². The zero-order valence-electron chi connectivity index (χ0n) is 9.46. The average Bonchev–Trinajstić information content (AvgIpc) is 2.24. The van der Waals surface area contributed by atoms with Crippen LogP contribution in [0.3, 0.4) is 0 Å². The molecule has 0 aromatic heterocycles. The number of halogens is 1. The highest BCUT2D eigenvalue weighted by atomic mass is 79.9. The summed E-state index contributed by atoms with van der Waals surface area (Å²) < 4.78 is 5.32. The number of esters is 1. The molecule has 3 nitrogen and oxygen atoms in total. The fourth-order valence-corrected chi connectivity index (χ4v) is 1.97. The molecule has 0 amide bonds. The number of Topliss-reactive ketones (excluding diaryl/α,β-unsaturated/α-hetero) is 1. The maximum absolute atomic E-state index is 11.8. The topological polar surface area (TPSA) is 43.4 Å². The first-order chi connectivity index (χ1) is 7.49. The lowest BCUT2D eigenvalue weighted by molar-refractivity contribution is -0.137. The molecule has 0 spiro atoms. The minimum atomic E-state index is -0.808. The maximum atomic E-state index is 11.8. The van der Waals surface area contributed by atoms with Crippen LogP contribution >= 0.6 is 15.9 Å². The lowest BCUT2D eigenvalue weighted by Crippen LogP contribution is -2.19. The normalized spacial score (nSPS) is 10.0. The molecule has 0 heterocycles. The predicted octanol–water partition coefficient (Wildman–Crippen LogP) is 2.81. The summed E-state index contributed by atoms with van der Waals surface area (Å²) in [6, 6.07) is 3.65. The molecule has 0 aliphatic heterocycles. The Labute approximate surface area is 103 Å². The van der Waals surface area contributed by atoms with Crippen molar-refractivity contribution in [3.05, 3.63) is 33.3 Å². The van der Waals surface area contributed by atoms with Gasteiger partial charge in [0.05, 0.1) is 6.61 Å². The Morgan fingerprint density at radius 2 is 1.94 bits per heavy atom. The Hall–Kier alpha value is -1.16. The minimum Gasteiger partial charge on any atom is -0.460 e. The summed E-state index contributed by atoms with van der Waals surface area (Å²) in [7, 11) is 0. The van der Waals surface area contributed by atoms with Gasteiger partial charge in [-0.1, -0.05) is 22.0 Å². The van der Waals surface area contributed by atoms with Gasteiger partial charge in [0.25, 0.3) is 5.78 Å². The van der Waals surface area contributed by atoms with Crippen LogP contribution in [0.5, 0.6) is 0 Å². The van der Waals surface area contributed by atoms with E-state index in [9.17, 15) is 9.59 Å². The Bertz CT molecular complexity index is 438. The number of carbonyl (C=O) groups excluding carboxylic acids is 2. The van der Waals surface area contributed by atoms with E-state index in [-0.39, 0.29) is 6.61 Å². The summed E-state index contributed by atoms with van der Waals surface area (Å²) in [4.78, 5) is 23.2. The number of benzene rings is 1. The molecule has 0 bridgehead atoms. The quantitative estimate of drug-likeness (QED) is 0.487. The standard InChI is InChI=1S/C12H13BrO3/c1-4-16-12(15)11(14)10-8(3)7(2)5-6-9(10)13/h5-6H,4H2,1-3H3. The Morgan fingerprint density at radius 1 is 1.31 bits per heavy atom. The Morgan fingerprint density at radius 3 is 2.50 bits per heavy atom. The number of carbonyl (C=O) groups is 2. The van der Waals surface area contributed by atoms with Crippen molar-refractivity contribution in [2.75, 3.05) is 6.61 Å². The van der Waals surface area contributed by atoms with E-state index < -0.39 is 11.8 Å². The van der Waals surface area contributed by atoms with Gasteiger partial charge < -0.3 is 4.74 Å². The number of aryl methyl sites for hydroxylation is 1. The van der Waals surface area contributed by atoms with Crippen molar-refractivity contribution in [3.8, 4) is 0 Å². The molecule has 4 heteroatoms. The van der Waals surface area contributed by atoms with Crippen molar-refractivity contribution in [3.63, 3.8) is 0 Å². The van der Waals surface area contributed by atoms with Gasteiger partial charge in [-0.15, -0.1) is 0 Å². The molecule has 1 aromatic carbocycles. The first-order valence-corrected chi connectivity index (χ1v) is 5.75. The van der Waals surface area contributed by atoms with E-state index in [0.29, 0.717) is 10.0 Å². The molecule has 1 rings (SSSR count). The van der Waals surface area contributed by atoms with E-state index in [1.165, 1.54) is 0 Å². The first-order valence-electron chi connectivity index (χ1n) is 4.96. The number of hydrogen-bond donors (Lipinski definition) is 0. The molecule has 0 radical (unpaired) electrons. The van der Waals surface area contributed by atoms with E-state index >= 15 is 0 Å². The predicted molar refractivity (Wildman–Crippen MR) is 64.6 cm³/mol. The average molecular weight is 285 g/mol. The molecule has 0 N–H and O–H groups in total. The molecule has 0 saturated heterocycles. The summed E-state index contributed by atoms with van der Waals surface area (Å²) in [6.45, 7) is 5.58. The van der Waals surface area contributed by atoms with Crippen LogP contribution in [0, 0.1) is 13.8 Å². The van der Waals surface area contributed by atoms with Gasteiger partial charge in [-0.25, -0.2) is 4.79 Å². The summed E-state index contributed by atoms with van der Waals surface area (Å²) >= 11 is 3.27. The number of hydrogen-bond acceptors (Lipinski definition) is 3. The van der Waals surface area contributed by atoms with Gasteiger partial charge in [-0.3, -0.25) is 4.79 Å². The van der Waals surface area contributed by atoms with Crippen LogP contribution in [0.25, 0.3) is 0 Å². The lowest BCUT2D eigenvalue weighted by Gasteiger charge is -2.09. The maximum Gasteiger partial charge on any atom is 0.379 e. The van der Waals surface area contributed by atoms with Crippen molar-refractivity contribution >= 4 is 27.7 Å². The molecule has 0 aliphatic rings. The summed E-state index contributed by atoms with van der Waals surface area (Å²) in [5.41, 5.74) is 2.15. The highest BCUT2D eigenvalue weighted by Crippen LogP contribution is 2.23. The molecule has 0 unspecified atom stereocenters. The Balaban J connectivity index is 3.18. The van der Waals surface area contributed by atoms with Gasteiger partial charge in [0.1, 0.15) is 0 Å². The second-order valence-electron chi connectivity index (χ2n) is 3.41. The van der Waals surface area contributed by atoms with Crippen molar-refractivity contribution in [1.29, 1.82) is 0 Å². The number of ether oxygens (including phenoxy) is 1. The van der Waals surface area contributed by atoms with Crippen LogP contribution in [-0.2, 0) is 9.53 Å². The van der Waals surface area contributed by atoms with Crippen molar-refractivity contribution in [1.82, 2.24) is 0 Å². The molecular formula is C12H13BrO3. The minimum absolute atomic E-state index is 0.201. The van der Waals surface area contributed by atoms with E-state index in [1.807, 2.05) is 19.9 Å². The van der Waals surface area contributed by atoms with Gasteiger partial charge in [0.2, 0.25) is 0 Å². The zero-order valence-corrected chi connectivity index (χ0v) is 11.1. The summed E-state index contributed by atoms with van der Waals surface area (Å²) in [5.74, 6) is -1.41. The fourth-order valence-electron chi connectivity index (χ4n) is 1.36. The van der Waals surface area contributed by atoms with Crippen molar-refractivity contribution in [2.45, 2.75) is 20.8 Å². The van der Waals surface area contributed by atoms with Crippen molar-refractivity contribution in [2.24, 2.45) is 0 Å². The second-order valence-corrected chi connectivity index (χ2v) is 4.27. The number of rotatable bonds is 3. The van der Waals surface area contributed by atoms with E-state index in [1.54, 1.807) is 13.0 Å². The van der Waals surface area contributed by atoms with Crippen LogP contribution < -0.4 is 0 Å². The molecular weight excluding hydrogens is 272 g/mol. The Kier molecular flexibility index (Phi) is 4.24. The monoisotopic (exact) mass is 284 g/mol. The largest absolute Gasteiger partial charge is 0.460 e. The molecule has 0 atom stereocenters. The molecule has 0 fully saturated rings. The van der Waals surface area contributed by atoms with E-state index in [0.717, 1.165) is 11.1 Å². The van der Waals surface area contributed by atoms with Crippen LogP contribution in [0.2, 0.25) is 0 Å². The molecule has 16 heavy (non-hydrogen) atoms. The first kappa shape index (κ1) is 12.9. The summed E-state index contributed by atoms with van der Waals surface area (Å²) in [6.07, 6.45) is 0. The fraction of sp³-hybridized carbons (Fsp3) is 0.333. The third-order valence-corrected chi connectivity index (χ3v) is 3.03. The molecule has 86 valence electrons. The zero-order chi connectivity index (χ0) is 12.3. The van der Waals surface area contributed by atoms with Crippen molar-refractivity contribution < 1.29 is 14.3 Å². The van der Waals surface area contributed by atoms with Gasteiger partial charge in [-0.05, 0) is 38.0 Å². The molecule has 0 aliphatic carbocycles. The molecule has 0 saturated carbocycles. The number of ketones is 1. The highest BCUT2D eigenvalue weighted by Gasteiger charge is 2.22. The molecule has 1 aromatic rings. The second kappa shape index (κ2) is 5.25. The van der Waals surface area contributed by atoms with Crippen LogP contribution in [0.1, 0.15) is 28.4 Å². The smallest absolute Gasteiger partial charge is 0.379 e. The summed E-state index contributed by atoms with van der Waals surface area (Å²) in [5, 5.41) is 0. The van der Waals surface area contributed by atoms with Crippen LogP contribution in [-0.4, -0.2) is 18.4 Å². The van der Waals surface area contributed by atoms with Gasteiger partial charge in [-0.2, -0.15) is 0 Å². The highest BCUT2D eigenvalue weighted by molar-refractivity contribution is 9.10. The third-order valence-electron chi connectivity index (χ3n) is 2.37. The lowest BCUT2D eigenvalue weighted by atomic mass is 10.0. The van der Waals surface area contributed by atoms with E-state index in [4.69, 9.17) is 4.74 Å². The van der Waals surface area contributed by atoms with Gasteiger partial charge in [0, 0.05) is 10.0 Å². The van der Waals surface area contributed by atoms with Gasteiger partial charge >= 0.3 is 5.97 Å². The van der Waals surface area contributed by atoms with Crippen LogP contribution in [0.15, 0.2) is 16.6 Å². The SMILES string of the molecule is CCOC(=O)C(=O)c1c(Br)ccc(C)c1C. The van der Waals surface area contributed by atoms with Crippen LogP contribution in [0.4, 0.5) is 0 Å². The van der Waals surface area contributed by atoms with Gasteiger partial charge in [0.15, 0.2) is 0 Å².